The third-order valence-electron chi connectivity index (χ3n) is 2.28. The molecule has 0 N–H and O–H groups in total. The van der Waals surface area contributed by atoms with Crippen molar-refractivity contribution in [1.82, 2.24) is 4.98 Å². The van der Waals surface area contributed by atoms with E-state index in [1.54, 1.807) is 6.20 Å². The second-order valence-electron chi connectivity index (χ2n) is 3.54. The lowest BCUT2D eigenvalue weighted by molar-refractivity contribution is 1.26. The Hall–Kier alpha value is -0.990. The van der Waals surface area contributed by atoms with Gasteiger partial charge in [0, 0.05) is 16.8 Å². The Bertz CT molecular complexity index is 485. The summed E-state index contributed by atoms with van der Waals surface area (Å²) in [6.45, 7) is 2.13. The van der Waals surface area contributed by atoms with E-state index < -0.39 is 0 Å². The number of halogens is 1. The summed E-state index contributed by atoms with van der Waals surface area (Å²) in [6, 6.07) is 12.3. The molecular weight excluding hydrogens is 238 g/mol. The number of hydrogen-bond acceptors (Lipinski definition) is 2. The molecule has 3 heteroatoms. The molecule has 0 saturated carbocycles. The van der Waals surface area contributed by atoms with Crippen molar-refractivity contribution in [3.05, 3.63) is 58.9 Å². The number of hydrogen-bond donors (Lipinski definition) is 0. The van der Waals surface area contributed by atoms with Crippen molar-refractivity contribution in [3.8, 4) is 0 Å². The minimum Gasteiger partial charge on any atom is -0.245 e. The maximum absolute atomic E-state index is 5.84. The molecule has 0 radical (unpaired) electrons. The van der Waals surface area contributed by atoms with E-state index in [1.165, 1.54) is 16.0 Å². The number of aryl methyl sites for hydroxylation is 1. The van der Waals surface area contributed by atoms with Gasteiger partial charge in [-0.1, -0.05) is 29.8 Å². The molecule has 82 valence electrons. The van der Waals surface area contributed by atoms with Crippen molar-refractivity contribution in [2.45, 2.75) is 17.6 Å². The van der Waals surface area contributed by atoms with E-state index in [-0.39, 0.29) is 0 Å². The Morgan fingerprint density at radius 1 is 1.25 bits per heavy atom. The first-order chi connectivity index (χ1) is 7.75. The first kappa shape index (κ1) is 11.5. The Labute approximate surface area is 105 Å². The number of thioether (sulfide) groups is 1. The second kappa shape index (κ2) is 5.37. The monoisotopic (exact) mass is 249 g/mol. The summed E-state index contributed by atoms with van der Waals surface area (Å²) in [5.74, 6) is 0.924. The van der Waals surface area contributed by atoms with Crippen LogP contribution in [0.25, 0.3) is 0 Å². The first-order valence-corrected chi connectivity index (χ1v) is 6.41. The molecule has 0 unspecified atom stereocenters. The molecule has 1 aromatic carbocycles. The van der Waals surface area contributed by atoms with Crippen molar-refractivity contribution >= 4 is 23.4 Å². The highest BCUT2D eigenvalue weighted by molar-refractivity contribution is 7.98. The Morgan fingerprint density at radius 2 is 2.06 bits per heavy atom. The molecule has 1 nitrogen and oxygen atoms in total. The zero-order valence-corrected chi connectivity index (χ0v) is 10.6. The van der Waals surface area contributed by atoms with E-state index in [4.69, 9.17) is 11.6 Å². The highest BCUT2D eigenvalue weighted by Gasteiger charge is 2.00. The quantitative estimate of drug-likeness (QED) is 0.593. The van der Waals surface area contributed by atoms with Crippen LogP contribution in [0.4, 0.5) is 0 Å². The smallest absolute Gasteiger partial charge is 0.129 e. The molecule has 0 bridgehead atoms. The van der Waals surface area contributed by atoms with Gasteiger partial charge < -0.3 is 0 Å². The Balaban J connectivity index is 2.05. The molecule has 2 rings (SSSR count). The lowest BCUT2D eigenvalue weighted by atomic mass is 10.2. The highest BCUT2D eigenvalue weighted by atomic mass is 35.5. The third-order valence-corrected chi connectivity index (χ3v) is 3.73. The summed E-state index contributed by atoms with van der Waals surface area (Å²) in [6.07, 6.45) is 1.75. The topological polar surface area (TPSA) is 12.9 Å². The number of aromatic nitrogens is 1. The van der Waals surface area contributed by atoms with Crippen LogP contribution >= 0.6 is 23.4 Å². The molecule has 1 aromatic heterocycles. The van der Waals surface area contributed by atoms with E-state index in [1.807, 2.05) is 23.9 Å². The van der Waals surface area contributed by atoms with Crippen molar-refractivity contribution in [1.29, 1.82) is 0 Å². The maximum Gasteiger partial charge on any atom is 0.129 e. The summed E-state index contributed by atoms with van der Waals surface area (Å²) in [5.41, 5.74) is 2.51. The molecule has 0 saturated heterocycles. The van der Waals surface area contributed by atoms with Gasteiger partial charge in [-0.2, -0.15) is 0 Å². The molecule has 0 spiro atoms. The van der Waals surface area contributed by atoms with Gasteiger partial charge in [0.15, 0.2) is 0 Å². The van der Waals surface area contributed by atoms with E-state index in [0.29, 0.717) is 5.15 Å². The second-order valence-corrected chi connectivity index (χ2v) is 4.95. The first-order valence-electron chi connectivity index (χ1n) is 5.04. The molecule has 0 aliphatic rings. The summed E-state index contributed by atoms with van der Waals surface area (Å²) in [7, 11) is 0. The molecule has 0 fully saturated rings. The molecule has 0 aliphatic heterocycles. The Morgan fingerprint density at radius 3 is 2.81 bits per heavy atom. The van der Waals surface area contributed by atoms with E-state index in [0.717, 1.165) is 5.75 Å². The SMILES string of the molecule is Cc1ccccc1SCc1ccnc(Cl)c1. The van der Waals surface area contributed by atoms with Gasteiger partial charge in [-0.15, -0.1) is 11.8 Å². The average molecular weight is 250 g/mol. The number of rotatable bonds is 3. The van der Waals surface area contributed by atoms with Crippen molar-refractivity contribution in [2.24, 2.45) is 0 Å². The molecule has 0 amide bonds. The third kappa shape index (κ3) is 3.00. The zero-order chi connectivity index (χ0) is 11.4. The van der Waals surface area contributed by atoms with Gasteiger partial charge in [-0.25, -0.2) is 4.98 Å². The lowest BCUT2D eigenvalue weighted by Gasteiger charge is -2.05. The van der Waals surface area contributed by atoms with E-state index in [9.17, 15) is 0 Å². The van der Waals surface area contributed by atoms with E-state index in [2.05, 4.69) is 36.2 Å². The van der Waals surface area contributed by atoms with Crippen LogP contribution in [0, 0.1) is 6.92 Å². The molecule has 0 atom stereocenters. The minimum absolute atomic E-state index is 0.558. The van der Waals surface area contributed by atoms with Crippen LogP contribution in [-0.4, -0.2) is 4.98 Å². The summed E-state index contributed by atoms with van der Waals surface area (Å²) < 4.78 is 0. The van der Waals surface area contributed by atoms with Crippen molar-refractivity contribution in [2.75, 3.05) is 0 Å². The standard InChI is InChI=1S/C13H12ClNS/c1-10-4-2-3-5-12(10)16-9-11-6-7-15-13(14)8-11/h2-8H,9H2,1H3. The molecule has 0 aliphatic carbocycles. The van der Waals surface area contributed by atoms with Crippen LogP contribution in [0.5, 0.6) is 0 Å². The largest absolute Gasteiger partial charge is 0.245 e. The van der Waals surface area contributed by atoms with Crippen molar-refractivity contribution in [3.63, 3.8) is 0 Å². The lowest BCUT2D eigenvalue weighted by Crippen LogP contribution is -1.84. The predicted molar refractivity (Wildman–Crippen MR) is 70.0 cm³/mol. The van der Waals surface area contributed by atoms with Gasteiger partial charge in [0.05, 0.1) is 0 Å². The fourth-order valence-corrected chi connectivity index (χ4v) is 2.58. The maximum atomic E-state index is 5.84. The van der Waals surface area contributed by atoms with Gasteiger partial charge in [0.25, 0.3) is 0 Å². The van der Waals surface area contributed by atoms with Crippen LogP contribution in [-0.2, 0) is 5.75 Å². The van der Waals surface area contributed by atoms with Crippen LogP contribution < -0.4 is 0 Å². The molecule has 1 heterocycles. The van der Waals surface area contributed by atoms with Crippen LogP contribution in [0.3, 0.4) is 0 Å². The van der Waals surface area contributed by atoms with Gasteiger partial charge in [0.1, 0.15) is 5.15 Å². The summed E-state index contributed by atoms with van der Waals surface area (Å²) >= 11 is 7.66. The van der Waals surface area contributed by atoms with Gasteiger partial charge in [0.2, 0.25) is 0 Å². The highest BCUT2D eigenvalue weighted by Crippen LogP contribution is 2.25. The molecule has 16 heavy (non-hydrogen) atoms. The molecular formula is C13H12ClNS. The van der Waals surface area contributed by atoms with Crippen LogP contribution in [0.1, 0.15) is 11.1 Å². The van der Waals surface area contributed by atoms with Crippen LogP contribution in [0.2, 0.25) is 5.15 Å². The van der Waals surface area contributed by atoms with Crippen LogP contribution in [0.15, 0.2) is 47.5 Å². The number of pyridine rings is 1. The number of nitrogens with zero attached hydrogens (tertiary/aromatic N) is 1. The summed E-state index contributed by atoms with van der Waals surface area (Å²) in [5, 5.41) is 0.558. The van der Waals surface area contributed by atoms with Gasteiger partial charge in [-0.05, 0) is 36.2 Å². The van der Waals surface area contributed by atoms with Gasteiger partial charge >= 0.3 is 0 Å². The normalized spacial score (nSPS) is 10.4. The molecule has 2 aromatic rings. The van der Waals surface area contributed by atoms with Crippen molar-refractivity contribution < 1.29 is 0 Å². The predicted octanol–water partition coefficient (Wildman–Crippen LogP) is 4.34. The van der Waals surface area contributed by atoms with Gasteiger partial charge in [-0.3, -0.25) is 0 Å². The zero-order valence-electron chi connectivity index (χ0n) is 8.98. The fraction of sp³-hybridized carbons (Fsp3) is 0.154. The number of benzene rings is 1. The fourth-order valence-electron chi connectivity index (χ4n) is 1.41. The Kier molecular flexibility index (Phi) is 3.86. The average Bonchev–Trinajstić information content (AvgIpc) is 2.28. The summed E-state index contributed by atoms with van der Waals surface area (Å²) in [4.78, 5) is 5.28. The van der Waals surface area contributed by atoms with E-state index >= 15 is 0 Å². The minimum atomic E-state index is 0.558.